The number of H-pyrrole nitrogens is 1. The number of hydrogen-bond acceptors (Lipinski definition) is 5. The van der Waals surface area contributed by atoms with E-state index < -0.39 is 12.1 Å². The summed E-state index contributed by atoms with van der Waals surface area (Å²) in [5, 5.41) is 10.3. The number of aliphatic hydroxyl groups is 1. The van der Waals surface area contributed by atoms with Crippen LogP contribution in [0.25, 0.3) is 0 Å². The molecule has 2 N–H and O–H groups in total. The quantitative estimate of drug-likeness (QED) is 0.761. The van der Waals surface area contributed by atoms with Gasteiger partial charge in [-0.2, -0.15) is 0 Å². The number of nitrogens with one attached hydrogen (secondary N) is 1. The molecule has 0 spiro atoms. The fraction of sp³-hybridized carbons (Fsp3) is 0.429. The lowest BCUT2D eigenvalue weighted by Gasteiger charge is -2.22. The van der Waals surface area contributed by atoms with Crippen LogP contribution in [0.2, 0.25) is 0 Å². The minimum Gasteiger partial charge on any atom is -0.451 e. The van der Waals surface area contributed by atoms with Gasteiger partial charge in [0.05, 0.1) is 11.8 Å². The maximum Gasteiger partial charge on any atom is 0.355 e. The zero-order chi connectivity index (χ0) is 20.4. The van der Waals surface area contributed by atoms with Crippen LogP contribution in [0.5, 0.6) is 0 Å². The number of nitrogens with zero attached hydrogens (tertiary/aromatic N) is 1. The molecule has 2 atom stereocenters. The number of ether oxygens (including phenoxy) is 1. The van der Waals surface area contributed by atoms with Gasteiger partial charge >= 0.3 is 5.97 Å². The second kappa shape index (κ2) is 8.41. The molecule has 3 rings (SSSR count). The molecule has 0 bridgehead atoms. The SMILES string of the molecule is Cc1[nH]c(C(=O)OCC(=O)N2CC[C@@H](C)Sc3ccccc32)c(C)c1[C@H](C)O. The summed E-state index contributed by atoms with van der Waals surface area (Å²) in [6.45, 7) is 7.61. The molecule has 6 nitrogen and oxygen atoms in total. The van der Waals surface area contributed by atoms with Crippen LogP contribution in [0.4, 0.5) is 5.69 Å². The lowest BCUT2D eigenvalue weighted by Crippen LogP contribution is -2.35. The van der Waals surface area contributed by atoms with E-state index >= 15 is 0 Å². The second-order valence-corrected chi connectivity index (χ2v) is 8.63. The van der Waals surface area contributed by atoms with Gasteiger partial charge in [-0.3, -0.25) is 4.79 Å². The third-order valence-electron chi connectivity index (χ3n) is 4.99. The fourth-order valence-electron chi connectivity index (χ4n) is 3.62. The number of carbonyl (C=O) groups excluding carboxylic acids is 2. The predicted molar refractivity (Wildman–Crippen MR) is 110 cm³/mol. The van der Waals surface area contributed by atoms with Gasteiger partial charge in [-0.25, -0.2) is 4.79 Å². The molecule has 7 heteroatoms. The molecular weight excluding hydrogens is 376 g/mol. The molecule has 28 heavy (non-hydrogen) atoms. The molecule has 2 aromatic rings. The van der Waals surface area contributed by atoms with E-state index in [1.165, 1.54) is 0 Å². The van der Waals surface area contributed by atoms with Gasteiger partial charge < -0.3 is 19.7 Å². The molecule has 2 heterocycles. The van der Waals surface area contributed by atoms with E-state index in [-0.39, 0.29) is 18.2 Å². The molecule has 0 radical (unpaired) electrons. The van der Waals surface area contributed by atoms with Crippen LogP contribution in [-0.2, 0) is 9.53 Å². The van der Waals surface area contributed by atoms with Crippen molar-refractivity contribution >= 4 is 29.3 Å². The van der Waals surface area contributed by atoms with E-state index in [1.807, 2.05) is 24.3 Å². The van der Waals surface area contributed by atoms with Crippen molar-refractivity contribution in [2.24, 2.45) is 0 Å². The smallest absolute Gasteiger partial charge is 0.355 e. The van der Waals surface area contributed by atoms with Gasteiger partial charge in [-0.1, -0.05) is 19.1 Å². The van der Waals surface area contributed by atoms with E-state index in [4.69, 9.17) is 4.74 Å². The number of anilines is 1. The van der Waals surface area contributed by atoms with E-state index in [0.717, 1.165) is 22.7 Å². The first-order valence-electron chi connectivity index (χ1n) is 9.40. The summed E-state index contributed by atoms with van der Waals surface area (Å²) in [7, 11) is 0. The average molecular weight is 403 g/mol. The molecule has 1 aromatic heterocycles. The van der Waals surface area contributed by atoms with Crippen molar-refractivity contribution in [2.75, 3.05) is 18.1 Å². The van der Waals surface area contributed by atoms with Gasteiger partial charge in [-0.05, 0) is 44.9 Å². The Bertz CT molecular complexity index is 891. The lowest BCUT2D eigenvalue weighted by atomic mass is 10.1. The fourth-order valence-corrected chi connectivity index (χ4v) is 4.73. The van der Waals surface area contributed by atoms with Crippen LogP contribution in [-0.4, -0.2) is 40.4 Å². The van der Waals surface area contributed by atoms with Crippen LogP contribution in [0.15, 0.2) is 29.2 Å². The highest BCUT2D eigenvalue weighted by molar-refractivity contribution is 8.00. The molecule has 1 aliphatic heterocycles. The summed E-state index contributed by atoms with van der Waals surface area (Å²) in [5.41, 5.74) is 3.20. The number of benzene rings is 1. The van der Waals surface area contributed by atoms with Crippen LogP contribution >= 0.6 is 11.8 Å². The zero-order valence-electron chi connectivity index (χ0n) is 16.6. The number of hydrogen-bond donors (Lipinski definition) is 2. The van der Waals surface area contributed by atoms with Crippen LogP contribution in [0.3, 0.4) is 0 Å². The third-order valence-corrected chi connectivity index (χ3v) is 6.23. The number of aromatic amines is 1. The summed E-state index contributed by atoms with van der Waals surface area (Å²) in [6.07, 6.45) is 0.179. The minimum absolute atomic E-state index is 0.243. The number of rotatable bonds is 4. The van der Waals surface area contributed by atoms with Crippen molar-refractivity contribution in [1.82, 2.24) is 4.98 Å². The summed E-state index contributed by atoms with van der Waals surface area (Å²) < 4.78 is 5.30. The normalized spacial score (nSPS) is 17.6. The topological polar surface area (TPSA) is 82.6 Å². The monoisotopic (exact) mass is 402 g/mol. The van der Waals surface area contributed by atoms with E-state index in [9.17, 15) is 14.7 Å². The van der Waals surface area contributed by atoms with E-state index in [1.54, 1.807) is 37.4 Å². The third kappa shape index (κ3) is 4.10. The molecule has 0 unspecified atom stereocenters. The first kappa shape index (κ1) is 20.5. The van der Waals surface area contributed by atoms with Crippen molar-refractivity contribution in [1.29, 1.82) is 0 Å². The predicted octanol–water partition coefficient (Wildman–Crippen LogP) is 3.76. The number of para-hydroxylation sites is 1. The molecule has 1 amide bonds. The number of aryl methyl sites for hydroxylation is 1. The Morgan fingerprint density at radius 1 is 1.36 bits per heavy atom. The van der Waals surface area contributed by atoms with Gasteiger partial charge in [0.1, 0.15) is 5.69 Å². The molecule has 0 saturated heterocycles. The van der Waals surface area contributed by atoms with E-state index in [0.29, 0.717) is 22.9 Å². The largest absolute Gasteiger partial charge is 0.451 e. The van der Waals surface area contributed by atoms with Gasteiger partial charge in [0.25, 0.3) is 5.91 Å². The average Bonchev–Trinajstić information content (AvgIpc) is 2.84. The van der Waals surface area contributed by atoms with E-state index in [2.05, 4.69) is 11.9 Å². The van der Waals surface area contributed by atoms with Crippen molar-refractivity contribution in [2.45, 2.75) is 50.4 Å². The first-order chi connectivity index (χ1) is 13.3. The molecule has 0 fully saturated rings. The van der Waals surface area contributed by atoms with Crippen LogP contribution < -0.4 is 4.90 Å². The molecular formula is C21H26N2O4S. The van der Waals surface area contributed by atoms with Crippen LogP contribution in [0, 0.1) is 13.8 Å². The molecule has 0 aliphatic carbocycles. The maximum atomic E-state index is 12.8. The number of esters is 1. The van der Waals surface area contributed by atoms with Crippen molar-refractivity contribution in [3.63, 3.8) is 0 Å². The standard InChI is InChI=1S/C21H26N2O4S/c1-12-9-10-23(16-7-5-6-8-17(16)28-12)18(25)11-27-21(26)20-13(2)19(15(4)24)14(3)22-20/h5-8,12,15,22,24H,9-11H2,1-4H3/t12-,15+/m1/s1. The first-order valence-corrected chi connectivity index (χ1v) is 10.3. The minimum atomic E-state index is -0.687. The molecule has 150 valence electrons. The lowest BCUT2D eigenvalue weighted by molar-refractivity contribution is -0.121. The highest BCUT2D eigenvalue weighted by Crippen LogP contribution is 2.37. The Morgan fingerprint density at radius 3 is 2.75 bits per heavy atom. The Labute approximate surface area is 169 Å². The summed E-state index contributed by atoms with van der Waals surface area (Å²) in [5.74, 6) is -0.834. The number of thioether (sulfide) groups is 1. The molecule has 0 saturated carbocycles. The summed E-state index contributed by atoms with van der Waals surface area (Å²) >= 11 is 1.75. The van der Waals surface area contributed by atoms with Crippen molar-refractivity contribution in [3.05, 3.63) is 46.8 Å². The number of fused-ring (bicyclic) bond motifs is 1. The van der Waals surface area contributed by atoms with Gasteiger partial charge in [-0.15, -0.1) is 11.8 Å². The zero-order valence-corrected chi connectivity index (χ0v) is 17.4. The van der Waals surface area contributed by atoms with Crippen molar-refractivity contribution < 1.29 is 19.4 Å². The second-order valence-electron chi connectivity index (χ2n) is 7.15. The summed E-state index contributed by atoms with van der Waals surface area (Å²) in [6, 6.07) is 7.80. The van der Waals surface area contributed by atoms with Gasteiger partial charge in [0.15, 0.2) is 6.61 Å². The highest BCUT2D eigenvalue weighted by atomic mass is 32.2. The number of aromatic nitrogens is 1. The van der Waals surface area contributed by atoms with Gasteiger partial charge in [0, 0.05) is 27.9 Å². The number of amides is 1. The number of carbonyl (C=O) groups is 2. The molecule has 1 aliphatic rings. The summed E-state index contributed by atoms with van der Waals surface area (Å²) in [4.78, 5) is 31.0. The Balaban J connectivity index is 1.72. The molecule has 1 aromatic carbocycles. The Kier molecular flexibility index (Phi) is 6.15. The highest BCUT2D eigenvalue weighted by Gasteiger charge is 2.26. The van der Waals surface area contributed by atoms with Crippen molar-refractivity contribution in [3.8, 4) is 0 Å². The van der Waals surface area contributed by atoms with Crippen LogP contribution in [0.1, 0.15) is 53.7 Å². The number of aliphatic hydroxyl groups excluding tert-OH is 1. The van der Waals surface area contributed by atoms with Gasteiger partial charge in [0.2, 0.25) is 0 Å². The maximum absolute atomic E-state index is 12.8. The Morgan fingerprint density at radius 2 is 2.07 bits per heavy atom. The Hall–Kier alpha value is -2.25.